The molecule has 16 heavy (non-hydrogen) atoms. The van der Waals surface area contributed by atoms with Crippen molar-refractivity contribution in [3.05, 3.63) is 28.8 Å². The van der Waals surface area contributed by atoms with Crippen LogP contribution in [0.15, 0.2) is 12.1 Å². The summed E-state index contributed by atoms with van der Waals surface area (Å²) in [5.41, 5.74) is 8.22. The molecule has 88 valence electrons. The van der Waals surface area contributed by atoms with Gasteiger partial charge in [0, 0.05) is 5.69 Å². The van der Waals surface area contributed by atoms with Crippen LogP contribution in [0.2, 0.25) is 0 Å². The van der Waals surface area contributed by atoms with Crippen LogP contribution in [-0.2, 0) is 4.74 Å². The molecule has 0 amide bonds. The molecule has 2 N–H and O–H groups in total. The number of rotatable bonds is 1. The largest absolute Gasteiger partial charge is 0.456 e. The van der Waals surface area contributed by atoms with E-state index in [1.807, 2.05) is 34.6 Å². The zero-order valence-electron chi connectivity index (χ0n) is 10.5. The third-order valence-corrected chi connectivity index (χ3v) is 2.16. The first-order chi connectivity index (χ1) is 7.20. The molecule has 0 aliphatic heterocycles. The van der Waals surface area contributed by atoms with Crippen LogP contribution in [0, 0.1) is 13.8 Å². The van der Waals surface area contributed by atoms with E-state index in [0.29, 0.717) is 11.3 Å². The molecule has 1 rings (SSSR count). The van der Waals surface area contributed by atoms with Crippen LogP contribution in [0.3, 0.4) is 0 Å². The molecule has 0 aliphatic carbocycles. The Labute approximate surface area is 96.6 Å². The Morgan fingerprint density at radius 3 is 2.00 bits per heavy atom. The van der Waals surface area contributed by atoms with E-state index < -0.39 is 5.60 Å². The summed E-state index contributed by atoms with van der Waals surface area (Å²) >= 11 is 0. The van der Waals surface area contributed by atoms with E-state index in [4.69, 9.17) is 10.5 Å². The van der Waals surface area contributed by atoms with Crippen molar-refractivity contribution in [1.29, 1.82) is 0 Å². The highest BCUT2D eigenvalue weighted by molar-refractivity contribution is 5.93. The number of carbonyl (C=O) groups is 1. The molecule has 1 aromatic rings. The summed E-state index contributed by atoms with van der Waals surface area (Å²) in [4.78, 5) is 12.0. The lowest BCUT2D eigenvalue weighted by Crippen LogP contribution is -2.25. The smallest absolute Gasteiger partial charge is 0.339 e. The van der Waals surface area contributed by atoms with Crippen molar-refractivity contribution in [2.24, 2.45) is 0 Å². The highest BCUT2D eigenvalue weighted by Gasteiger charge is 2.20. The SMILES string of the molecule is Cc1cc(N)cc(C)c1C(=O)OC(C)(C)C. The molecule has 0 saturated carbocycles. The molecule has 3 nitrogen and oxygen atoms in total. The Morgan fingerprint density at radius 1 is 1.19 bits per heavy atom. The van der Waals surface area contributed by atoms with Crippen LogP contribution in [0.25, 0.3) is 0 Å². The summed E-state index contributed by atoms with van der Waals surface area (Å²) < 4.78 is 5.35. The van der Waals surface area contributed by atoms with Gasteiger partial charge in [0.25, 0.3) is 0 Å². The maximum atomic E-state index is 12.0. The molecule has 0 atom stereocenters. The summed E-state index contributed by atoms with van der Waals surface area (Å²) in [6.07, 6.45) is 0. The zero-order chi connectivity index (χ0) is 12.5. The number of aryl methyl sites for hydroxylation is 2. The lowest BCUT2D eigenvalue weighted by atomic mass is 10.0. The minimum Gasteiger partial charge on any atom is -0.456 e. The lowest BCUT2D eigenvalue weighted by molar-refractivity contribution is 0.00680. The van der Waals surface area contributed by atoms with E-state index in [-0.39, 0.29) is 5.97 Å². The van der Waals surface area contributed by atoms with Gasteiger partial charge >= 0.3 is 5.97 Å². The van der Waals surface area contributed by atoms with Gasteiger partial charge in [0.15, 0.2) is 0 Å². The zero-order valence-corrected chi connectivity index (χ0v) is 10.5. The quantitative estimate of drug-likeness (QED) is 0.586. The second kappa shape index (κ2) is 4.16. The minimum atomic E-state index is -0.475. The fourth-order valence-corrected chi connectivity index (χ4v) is 1.65. The van der Waals surface area contributed by atoms with Gasteiger partial charge in [0.1, 0.15) is 5.60 Å². The normalized spacial score (nSPS) is 11.3. The van der Waals surface area contributed by atoms with Crippen molar-refractivity contribution in [2.75, 3.05) is 5.73 Å². The van der Waals surface area contributed by atoms with Gasteiger partial charge in [-0.15, -0.1) is 0 Å². The second-order valence-electron chi connectivity index (χ2n) is 5.03. The first kappa shape index (κ1) is 12.6. The minimum absolute atomic E-state index is 0.289. The molecule has 0 spiro atoms. The van der Waals surface area contributed by atoms with Crippen molar-refractivity contribution >= 4 is 11.7 Å². The fourth-order valence-electron chi connectivity index (χ4n) is 1.65. The Morgan fingerprint density at radius 2 is 1.62 bits per heavy atom. The van der Waals surface area contributed by atoms with E-state index in [1.54, 1.807) is 12.1 Å². The molecule has 0 aromatic heterocycles. The molecule has 1 aromatic carbocycles. The Balaban J connectivity index is 3.10. The van der Waals surface area contributed by atoms with Gasteiger partial charge in [0.2, 0.25) is 0 Å². The molecule has 0 fully saturated rings. The second-order valence-corrected chi connectivity index (χ2v) is 5.03. The van der Waals surface area contributed by atoms with Crippen molar-refractivity contribution in [3.8, 4) is 0 Å². The summed E-state index contributed by atoms with van der Waals surface area (Å²) in [6, 6.07) is 3.57. The molecule has 3 heteroatoms. The van der Waals surface area contributed by atoms with Crippen LogP contribution in [0.1, 0.15) is 42.3 Å². The highest BCUT2D eigenvalue weighted by Crippen LogP contribution is 2.21. The lowest BCUT2D eigenvalue weighted by Gasteiger charge is -2.21. The third-order valence-electron chi connectivity index (χ3n) is 2.16. The first-order valence-corrected chi connectivity index (χ1v) is 5.31. The van der Waals surface area contributed by atoms with E-state index in [2.05, 4.69) is 0 Å². The van der Waals surface area contributed by atoms with Crippen LogP contribution >= 0.6 is 0 Å². The van der Waals surface area contributed by atoms with Crippen LogP contribution in [0.5, 0.6) is 0 Å². The summed E-state index contributed by atoms with van der Waals surface area (Å²) in [5, 5.41) is 0. The summed E-state index contributed by atoms with van der Waals surface area (Å²) in [5.74, 6) is -0.289. The number of esters is 1. The molecule has 0 radical (unpaired) electrons. The number of hydrogen-bond donors (Lipinski definition) is 1. The molecular weight excluding hydrogens is 202 g/mol. The highest BCUT2D eigenvalue weighted by atomic mass is 16.6. The Bertz CT molecular complexity index is 393. The van der Waals surface area contributed by atoms with Gasteiger partial charge in [-0.3, -0.25) is 0 Å². The van der Waals surface area contributed by atoms with Gasteiger partial charge in [-0.1, -0.05) is 0 Å². The molecular formula is C13H19NO2. The van der Waals surface area contributed by atoms with Crippen molar-refractivity contribution in [1.82, 2.24) is 0 Å². The molecule has 0 unspecified atom stereocenters. The topological polar surface area (TPSA) is 52.3 Å². The number of anilines is 1. The number of benzene rings is 1. The average Bonchev–Trinajstić information content (AvgIpc) is 1.96. The van der Waals surface area contributed by atoms with Crippen molar-refractivity contribution in [3.63, 3.8) is 0 Å². The first-order valence-electron chi connectivity index (χ1n) is 5.31. The monoisotopic (exact) mass is 221 g/mol. The predicted octanol–water partition coefficient (Wildman–Crippen LogP) is 2.84. The maximum Gasteiger partial charge on any atom is 0.339 e. The van der Waals surface area contributed by atoms with Crippen LogP contribution in [0.4, 0.5) is 5.69 Å². The van der Waals surface area contributed by atoms with Gasteiger partial charge in [0.05, 0.1) is 5.56 Å². The van der Waals surface area contributed by atoms with Gasteiger partial charge < -0.3 is 10.5 Å². The van der Waals surface area contributed by atoms with E-state index >= 15 is 0 Å². The standard InChI is InChI=1S/C13H19NO2/c1-8-6-10(14)7-9(2)11(8)12(15)16-13(3,4)5/h6-7H,14H2,1-5H3. The van der Waals surface area contributed by atoms with E-state index in [1.165, 1.54) is 0 Å². The number of nitrogens with two attached hydrogens (primary N) is 1. The number of carbonyl (C=O) groups excluding carboxylic acids is 1. The average molecular weight is 221 g/mol. The number of ether oxygens (including phenoxy) is 1. The number of hydrogen-bond acceptors (Lipinski definition) is 3. The van der Waals surface area contributed by atoms with Gasteiger partial charge in [-0.05, 0) is 57.9 Å². The summed E-state index contributed by atoms with van der Waals surface area (Å²) in [7, 11) is 0. The molecule has 0 heterocycles. The van der Waals surface area contributed by atoms with Crippen LogP contribution < -0.4 is 5.73 Å². The Hall–Kier alpha value is -1.51. The third kappa shape index (κ3) is 2.99. The van der Waals surface area contributed by atoms with E-state index in [0.717, 1.165) is 11.1 Å². The van der Waals surface area contributed by atoms with Gasteiger partial charge in [-0.25, -0.2) is 4.79 Å². The van der Waals surface area contributed by atoms with Crippen molar-refractivity contribution in [2.45, 2.75) is 40.2 Å². The Kier molecular flexibility index (Phi) is 3.27. The fraction of sp³-hybridized carbons (Fsp3) is 0.462. The van der Waals surface area contributed by atoms with Crippen LogP contribution in [-0.4, -0.2) is 11.6 Å². The summed E-state index contributed by atoms with van der Waals surface area (Å²) in [6.45, 7) is 9.29. The molecule has 0 aliphatic rings. The van der Waals surface area contributed by atoms with Crippen molar-refractivity contribution < 1.29 is 9.53 Å². The number of nitrogen functional groups attached to an aromatic ring is 1. The van der Waals surface area contributed by atoms with Gasteiger partial charge in [-0.2, -0.15) is 0 Å². The molecule has 0 saturated heterocycles. The predicted molar refractivity (Wildman–Crippen MR) is 65.5 cm³/mol. The van der Waals surface area contributed by atoms with E-state index in [9.17, 15) is 4.79 Å². The maximum absolute atomic E-state index is 12.0. The molecule has 0 bridgehead atoms.